The van der Waals surface area contributed by atoms with E-state index in [2.05, 4.69) is 37.1 Å². The number of ether oxygens (including phenoxy) is 1. The maximum Gasteiger partial charge on any atom is 0.198 e. The second-order valence-electron chi connectivity index (χ2n) is 9.28. The van der Waals surface area contributed by atoms with Gasteiger partial charge in [-0.05, 0) is 56.7 Å². The van der Waals surface area contributed by atoms with Crippen LogP contribution in [0, 0.1) is 0 Å². The number of ketones is 1. The fourth-order valence-electron chi connectivity index (χ4n) is 4.15. The summed E-state index contributed by atoms with van der Waals surface area (Å²) in [7, 11) is 0. The zero-order chi connectivity index (χ0) is 23.2. The van der Waals surface area contributed by atoms with Crippen LogP contribution in [-0.4, -0.2) is 16.3 Å². The molecule has 0 bridgehead atoms. The molecule has 4 aromatic rings. The summed E-state index contributed by atoms with van der Waals surface area (Å²) < 4.78 is 6.54. The van der Waals surface area contributed by atoms with Gasteiger partial charge in [0.05, 0.1) is 16.8 Å². The summed E-state index contributed by atoms with van der Waals surface area (Å²) in [5.41, 5.74) is 4.74. The molecule has 0 fully saturated rings. The number of benzene rings is 3. The van der Waals surface area contributed by atoms with Crippen LogP contribution in [0.4, 0.5) is 0 Å². The molecule has 0 saturated carbocycles. The number of aromatic nitrogens is 1. The van der Waals surface area contributed by atoms with Crippen molar-refractivity contribution in [1.82, 2.24) is 10.3 Å². The summed E-state index contributed by atoms with van der Waals surface area (Å²) in [4.78, 5) is 17.2. The highest BCUT2D eigenvalue weighted by Gasteiger charge is 2.36. The standard InChI is InChI=1S/C28H25ClN2O2/c1-28(2,3)30-16-21-26(32)20-9-5-7-11-23(20)33-27(21)24-19-8-4-6-10-22(19)31-25(24)17-12-14-18(29)15-13-17/h4-16,27,30-31H,1-3H3/b21-16+. The summed E-state index contributed by atoms with van der Waals surface area (Å²) in [6.45, 7) is 6.18. The minimum atomic E-state index is -0.580. The SMILES string of the molecule is CC(C)(C)N/C=C1\C(=O)c2ccccc2OC1c1c(-c2ccc(Cl)cc2)[nH]c2ccccc12. The quantitative estimate of drug-likeness (QED) is 0.324. The molecular formula is C28H25ClN2O2. The number of nitrogens with one attached hydrogen (secondary N) is 2. The molecule has 0 aliphatic carbocycles. The Morgan fingerprint density at radius 1 is 0.970 bits per heavy atom. The molecule has 5 rings (SSSR count). The van der Waals surface area contributed by atoms with Crippen molar-refractivity contribution < 1.29 is 9.53 Å². The number of para-hydroxylation sites is 2. The number of hydrogen-bond acceptors (Lipinski definition) is 3. The van der Waals surface area contributed by atoms with Gasteiger partial charge in [-0.2, -0.15) is 0 Å². The number of aromatic amines is 1. The molecule has 1 unspecified atom stereocenters. The summed E-state index contributed by atoms with van der Waals surface area (Å²) in [6, 6.07) is 23.2. The number of hydrogen-bond donors (Lipinski definition) is 2. The van der Waals surface area contributed by atoms with E-state index in [0.717, 1.165) is 27.7 Å². The van der Waals surface area contributed by atoms with E-state index >= 15 is 0 Å². The molecule has 166 valence electrons. The highest BCUT2D eigenvalue weighted by Crippen LogP contribution is 2.44. The van der Waals surface area contributed by atoms with Crippen LogP contribution < -0.4 is 10.1 Å². The number of halogens is 1. The van der Waals surface area contributed by atoms with Crippen molar-refractivity contribution in [3.8, 4) is 17.0 Å². The molecule has 2 heterocycles. The Kier molecular flexibility index (Phi) is 5.26. The number of rotatable bonds is 3. The van der Waals surface area contributed by atoms with Gasteiger partial charge in [0.15, 0.2) is 11.9 Å². The van der Waals surface area contributed by atoms with Crippen LogP contribution in [0.2, 0.25) is 5.02 Å². The smallest absolute Gasteiger partial charge is 0.198 e. The minimum Gasteiger partial charge on any atom is -0.480 e. The lowest BCUT2D eigenvalue weighted by molar-refractivity contribution is 0.0960. The molecule has 0 spiro atoms. The first kappa shape index (κ1) is 21.4. The van der Waals surface area contributed by atoms with Crippen LogP contribution in [0.1, 0.15) is 42.8 Å². The van der Waals surface area contributed by atoms with E-state index in [9.17, 15) is 4.79 Å². The molecule has 5 heteroatoms. The molecule has 2 N–H and O–H groups in total. The van der Waals surface area contributed by atoms with Crippen LogP contribution in [-0.2, 0) is 0 Å². The summed E-state index contributed by atoms with van der Waals surface area (Å²) in [6.07, 6.45) is 1.24. The normalized spacial score (nSPS) is 17.2. The van der Waals surface area contributed by atoms with Gasteiger partial charge in [-0.1, -0.05) is 54.1 Å². The van der Waals surface area contributed by atoms with Crippen LogP contribution >= 0.6 is 11.6 Å². The van der Waals surface area contributed by atoms with Crippen molar-refractivity contribution in [2.45, 2.75) is 32.4 Å². The molecule has 1 aliphatic rings. The molecule has 4 nitrogen and oxygen atoms in total. The van der Waals surface area contributed by atoms with E-state index in [1.807, 2.05) is 72.9 Å². The largest absolute Gasteiger partial charge is 0.480 e. The average Bonchev–Trinajstić information content (AvgIpc) is 3.17. The zero-order valence-corrected chi connectivity index (χ0v) is 19.5. The monoisotopic (exact) mass is 456 g/mol. The van der Waals surface area contributed by atoms with Crippen molar-refractivity contribution in [3.63, 3.8) is 0 Å². The van der Waals surface area contributed by atoms with Crippen molar-refractivity contribution in [2.24, 2.45) is 0 Å². The molecule has 0 saturated heterocycles. The molecule has 0 amide bonds. The van der Waals surface area contributed by atoms with Crippen LogP contribution in [0.3, 0.4) is 0 Å². The highest BCUT2D eigenvalue weighted by atomic mass is 35.5. The lowest BCUT2D eigenvalue weighted by Crippen LogP contribution is -2.34. The predicted octanol–water partition coefficient (Wildman–Crippen LogP) is 7.08. The van der Waals surface area contributed by atoms with Crippen LogP contribution in [0.15, 0.2) is 84.6 Å². The van der Waals surface area contributed by atoms with E-state index in [0.29, 0.717) is 21.9 Å². The first-order valence-corrected chi connectivity index (χ1v) is 11.3. The maximum atomic E-state index is 13.7. The lowest BCUT2D eigenvalue weighted by atomic mass is 9.88. The topological polar surface area (TPSA) is 54.1 Å². The van der Waals surface area contributed by atoms with Crippen molar-refractivity contribution in [1.29, 1.82) is 0 Å². The van der Waals surface area contributed by atoms with Gasteiger partial charge in [0.1, 0.15) is 5.75 Å². The fraction of sp³-hybridized carbons (Fsp3) is 0.179. The molecule has 0 radical (unpaired) electrons. The van der Waals surface area contributed by atoms with Gasteiger partial charge in [-0.15, -0.1) is 0 Å². The lowest BCUT2D eigenvalue weighted by Gasteiger charge is -2.30. The van der Waals surface area contributed by atoms with E-state index < -0.39 is 6.10 Å². The van der Waals surface area contributed by atoms with Crippen molar-refractivity contribution in [2.75, 3.05) is 0 Å². The third-order valence-electron chi connectivity index (χ3n) is 5.72. The Hall–Kier alpha value is -3.50. The summed E-state index contributed by atoms with van der Waals surface area (Å²) in [5, 5.41) is 5.05. The Bertz CT molecular complexity index is 1380. The second-order valence-corrected chi connectivity index (χ2v) is 9.72. The Balaban J connectivity index is 1.75. The number of fused-ring (bicyclic) bond motifs is 2. The van der Waals surface area contributed by atoms with Gasteiger partial charge in [0.2, 0.25) is 0 Å². The highest BCUT2D eigenvalue weighted by molar-refractivity contribution is 6.30. The van der Waals surface area contributed by atoms with Crippen LogP contribution in [0.25, 0.3) is 22.2 Å². The zero-order valence-electron chi connectivity index (χ0n) is 18.8. The van der Waals surface area contributed by atoms with Crippen molar-refractivity contribution in [3.05, 3.63) is 101 Å². The molecule has 1 atom stereocenters. The Morgan fingerprint density at radius 2 is 1.67 bits per heavy atom. The Labute approximate surface area is 198 Å². The van der Waals surface area contributed by atoms with Gasteiger partial charge in [0, 0.05) is 33.2 Å². The third-order valence-corrected chi connectivity index (χ3v) is 5.98. The molecule has 33 heavy (non-hydrogen) atoms. The minimum absolute atomic E-state index is 0.0362. The molecule has 3 aromatic carbocycles. The number of carbonyl (C=O) groups excluding carboxylic acids is 1. The Morgan fingerprint density at radius 3 is 2.42 bits per heavy atom. The second kappa shape index (κ2) is 8.13. The average molecular weight is 457 g/mol. The molecular weight excluding hydrogens is 432 g/mol. The first-order valence-electron chi connectivity index (χ1n) is 11.0. The maximum absolute atomic E-state index is 13.7. The van der Waals surface area contributed by atoms with E-state index in [1.54, 1.807) is 0 Å². The van der Waals surface area contributed by atoms with E-state index in [4.69, 9.17) is 16.3 Å². The molecule has 1 aliphatic heterocycles. The van der Waals surface area contributed by atoms with Gasteiger partial charge in [-0.25, -0.2) is 0 Å². The van der Waals surface area contributed by atoms with Crippen LogP contribution in [0.5, 0.6) is 5.75 Å². The van der Waals surface area contributed by atoms with Gasteiger partial charge >= 0.3 is 0 Å². The van der Waals surface area contributed by atoms with Gasteiger partial charge < -0.3 is 15.0 Å². The molecule has 1 aromatic heterocycles. The summed E-state index contributed by atoms with van der Waals surface area (Å²) in [5.74, 6) is 0.554. The van der Waals surface area contributed by atoms with E-state index in [1.165, 1.54) is 0 Å². The van der Waals surface area contributed by atoms with Gasteiger partial charge in [-0.3, -0.25) is 4.79 Å². The van der Waals surface area contributed by atoms with Gasteiger partial charge in [0.25, 0.3) is 0 Å². The fourth-order valence-corrected chi connectivity index (χ4v) is 4.28. The van der Waals surface area contributed by atoms with Crippen molar-refractivity contribution >= 4 is 28.3 Å². The number of carbonyl (C=O) groups is 1. The van der Waals surface area contributed by atoms with E-state index in [-0.39, 0.29) is 11.3 Å². The number of Topliss-reactive ketones (excluding diaryl/α,β-unsaturated/α-hetero) is 1. The summed E-state index contributed by atoms with van der Waals surface area (Å²) >= 11 is 6.15. The third kappa shape index (κ3) is 4.03. The first-order chi connectivity index (χ1) is 15.8. The number of H-pyrrole nitrogens is 1. The predicted molar refractivity (Wildman–Crippen MR) is 134 cm³/mol.